The number of nitrogens with one attached hydrogen (secondary N) is 2. The highest BCUT2D eigenvalue weighted by molar-refractivity contribution is 5.94. The van der Waals surface area contributed by atoms with Crippen LogP contribution in [0.25, 0.3) is 0 Å². The minimum atomic E-state index is -0.275. The molecule has 1 aliphatic heterocycles. The van der Waals surface area contributed by atoms with Crippen molar-refractivity contribution in [1.29, 1.82) is 0 Å². The normalized spacial score (nSPS) is 19.7. The first-order valence-corrected chi connectivity index (χ1v) is 8.97. The summed E-state index contributed by atoms with van der Waals surface area (Å²) >= 11 is 0. The zero-order valence-corrected chi connectivity index (χ0v) is 16.1. The largest absolute Gasteiger partial charge is 0.496 e. The summed E-state index contributed by atoms with van der Waals surface area (Å²) in [6, 6.07) is 7.89. The van der Waals surface area contributed by atoms with Gasteiger partial charge >= 0.3 is 0 Å². The number of carbonyl (C=O) groups excluding carboxylic acids is 1. The van der Waals surface area contributed by atoms with Crippen LogP contribution in [-0.2, 0) is 16.6 Å². The van der Waals surface area contributed by atoms with Crippen molar-refractivity contribution in [3.05, 3.63) is 46.8 Å². The van der Waals surface area contributed by atoms with Gasteiger partial charge in [-0.1, -0.05) is 32.0 Å². The van der Waals surface area contributed by atoms with Crippen LogP contribution in [0, 0.1) is 0 Å². The Morgan fingerprint density at radius 2 is 2.12 bits per heavy atom. The Morgan fingerprint density at radius 1 is 1.38 bits per heavy atom. The molecule has 0 fully saturated rings. The lowest BCUT2D eigenvalue weighted by molar-refractivity contribution is -0.00697. The van der Waals surface area contributed by atoms with Gasteiger partial charge in [0.2, 0.25) is 0 Å². The monoisotopic (exact) mass is 357 g/mol. The molecule has 1 aromatic heterocycles. The van der Waals surface area contributed by atoms with E-state index in [4.69, 9.17) is 9.47 Å². The molecule has 2 N–H and O–H groups in total. The molecule has 2 heterocycles. The molecule has 6 nitrogen and oxygen atoms in total. The molecule has 0 radical (unpaired) electrons. The fourth-order valence-electron chi connectivity index (χ4n) is 3.55. The number of amides is 1. The number of para-hydroxylation sites is 1. The van der Waals surface area contributed by atoms with Crippen molar-refractivity contribution in [2.24, 2.45) is 0 Å². The van der Waals surface area contributed by atoms with Gasteiger partial charge in [0.15, 0.2) is 5.69 Å². The Kier molecular flexibility index (Phi) is 5.05. The van der Waals surface area contributed by atoms with Crippen molar-refractivity contribution in [3.63, 3.8) is 0 Å². The van der Waals surface area contributed by atoms with Crippen molar-refractivity contribution in [2.75, 3.05) is 13.7 Å². The zero-order valence-electron chi connectivity index (χ0n) is 16.1. The second kappa shape index (κ2) is 7.11. The molecule has 1 amide bonds. The molecule has 0 saturated heterocycles. The maximum absolute atomic E-state index is 12.8. The van der Waals surface area contributed by atoms with E-state index in [1.807, 2.05) is 38.1 Å². The van der Waals surface area contributed by atoms with Crippen molar-refractivity contribution in [2.45, 2.75) is 51.7 Å². The summed E-state index contributed by atoms with van der Waals surface area (Å²) in [5.41, 5.74) is 3.11. The molecule has 0 saturated carbocycles. The third-order valence-electron chi connectivity index (χ3n) is 4.98. The Balaban J connectivity index is 1.75. The van der Waals surface area contributed by atoms with Crippen LogP contribution >= 0.6 is 0 Å². The highest BCUT2D eigenvalue weighted by Gasteiger charge is 2.31. The number of rotatable bonds is 5. The van der Waals surface area contributed by atoms with Gasteiger partial charge in [-0.3, -0.25) is 9.89 Å². The number of aromatic nitrogens is 2. The number of H-pyrrole nitrogens is 1. The zero-order chi connectivity index (χ0) is 18.9. The molecule has 0 bridgehead atoms. The smallest absolute Gasteiger partial charge is 0.272 e. The first-order valence-electron chi connectivity index (χ1n) is 8.97. The van der Waals surface area contributed by atoms with E-state index in [1.54, 1.807) is 7.11 Å². The minimum absolute atomic E-state index is 0.0756. The summed E-state index contributed by atoms with van der Waals surface area (Å²) in [5.74, 6) is 0.662. The summed E-state index contributed by atoms with van der Waals surface area (Å²) < 4.78 is 11.3. The van der Waals surface area contributed by atoms with E-state index >= 15 is 0 Å². The van der Waals surface area contributed by atoms with Crippen molar-refractivity contribution in [3.8, 4) is 5.75 Å². The quantitative estimate of drug-likeness (QED) is 0.862. The number of fused-ring (bicyclic) bond motifs is 1. The molecule has 2 atom stereocenters. The standard InChI is InChI=1S/C20H27N3O3/c1-12-10-14-17(13(2)26-12)22-23-18(14)19(24)21-11-20(3,4)15-8-6-7-9-16(15)25-5/h6-9,12-13H,10-11H2,1-5H3,(H,21,24)(H,22,23)/t12-,13+/m0/s1. The van der Waals surface area contributed by atoms with Crippen LogP contribution in [0.15, 0.2) is 24.3 Å². The number of hydrogen-bond donors (Lipinski definition) is 2. The number of aromatic amines is 1. The SMILES string of the molecule is COc1ccccc1C(C)(C)CNC(=O)c1n[nH]c2c1C[C@H](C)O[C@@H]2C. The van der Waals surface area contributed by atoms with E-state index < -0.39 is 0 Å². The fourth-order valence-corrected chi connectivity index (χ4v) is 3.55. The molecule has 2 aromatic rings. The molecule has 0 spiro atoms. The van der Waals surface area contributed by atoms with Gasteiger partial charge in [0.1, 0.15) is 5.75 Å². The maximum atomic E-state index is 12.8. The van der Waals surface area contributed by atoms with Crippen LogP contribution < -0.4 is 10.1 Å². The van der Waals surface area contributed by atoms with Gasteiger partial charge < -0.3 is 14.8 Å². The Bertz CT molecular complexity index is 797. The van der Waals surface area contributed by atoms with Crippen LogP contribution in [0.5, 0.6) is 5.75 Å². The van der Waals surface area contributed by atoms with Gasteiger partial charge in [-0.25, -0.2) is 0 Å². The van der Waals surface area contributed by atoms with Crippen molar-refractivity contribution in [1.82, 2.24) is 15.5 Å². The predicted octanol–water partition coefficient (Wildman–Crippen LogP) is 3.15. The summed E-state index contributed by atoms with van der Waals surface area (Å²) in [7, 11) is 1.66. The molecule has 0 unspecified atom stereocenters. The van der Waals surface area contributed by atoms with Gasteiger partial charge in [0.25, 0.3) is 5.91 Å². The summed E-state index contributed by atoms with van der Waals surface area (Å²) in [6.07, 6.45) is 0.689. The first kappa shape index (κ1) is 18.5. The highest BCUT2D eigenvalue weighted by Crippen LogP contribution is 2.32. The first-order chi connectivity index (χ1) is 12.3. The van der Waals surface area contributed by atoms with Crippen LogP contribution in [-0.4, -0.2) is 35.9 Å². The Labute approximate surface area is 154 Å². The fraction of sp³-hybridized carbons (Fsp3) is 0.500. The van der Waals surface area contributed by atoms with E-state index in [1.165, 1.54) is 0 Å². The third kappa shape index (κ3) is 3.46. The molecule has 1 aromatic carbocycles. The maximum Gasteiger partial charge on any atom is 0.272 e. The molecular formula is C20H27N3O3. The number of benzene rings is 1. The predicted molar refractivity (Wildman–Crippen MR) is 99.6 cm³/mol. The highest BCUT2D eigenvalue weighted by atomic mass is 16.5. The van der Waals surface area contributed by atoms with E-state index in [9.17, 15) is 4.79 Å². The number of hydrogen-bond acceptors (Lipinski definition) is 4. The Morgan fingerprint density at radius 3 is 2.85 bits per heavy atom. The van der Waals surface area contributed by atoms with E-state index in [0.717, 1.165) is 22.6 Å². The lowest BCUT2D eigenvalue weighted by Gasteiger charge is -2.28. The average Bonchev–Trinajstić information content (AvgIpc) is 3.04. The molecule has 26 heavy (non-hydrogen) atoms. The number of ether oxygens (including phenoxy) is 2. The lowest BCUT2D eigenvalue weighted by Crippen LogP contribution is -2.37. The minimum Gasteiger partial charge on any atom is -0.496 e. The van der Waals surface area contributed by atoms with E-state index in [-0.39, 0.29) is 23.5 Å². The molecule has 1 aliphatic rings. The van der Waals surface area contributed by atoms with Gasteiger partial charge in [0, 0.05) is 29.5 Å². The third-order valence-corrected chi connectivity index (χ3v) is 4.98. The van der Waals surface area contributed by atoms with Gasteiger partial charge in [-0.15, -0.1) is 0 Å². The second-order valence-electron chi connectivity index (χ2n) is 7.52. The molecule has 6 heteroatoms. The van der Waals surface area contributed by atoms with Crippen molar-refractivity contribution >= 4 is 5.91 Å². The molecule has 3 rings (SSSR count). The molecule has 0 aliphatic carbocycles. The van der Waals surface area contributed by atoms with Crippen LogP contribution in [0.1, 0.15) is 61.1 Å². The number of methoxy groups -OCH3 is 1. The molecular weight excluding hydrogens is 330 g/mol. The summed E-state index contributed by atoms with van der Waals surface area (Å²) in [4.78, 5) is 12.8. The van der Waals surface area contributed by atoms with Crippen molar-refractivity contribution < 1.29 is 14.3 Å². The van der Waals surface area contributed by atoms with Gasteiger partial charge in [-0.05, 0) is 19.9 Å². The number of carbonyl (C=O) groups is 1. The van der Waals surface area contributed by atoms with Crippen LogP contribution in [0.4, 0.5) is 0 Å². The summed E-state index contributed by atoms with van der Waals surface area (Å²) in [5, 5.41) is 10.3. The topological polar surface area (TPSA) is 76.2 Å². The average molecular weight is 357 g/mol. The lowest BCUT2D eigenvalue weighted by atomic mass is 9.84. The van der Waals surface area contributed by atoms with Crippen LogP contribution in [0.2, 0.25) is 0 Å². The molecule has 140 valence electrons. The summed E-state index contributed by atoms with van der Waals surface area (Å²) in [6.45, 7) is 8.64. The van der Waals surface area contributed by atoms with Gasteiger partial charge in [0.05, 0.1) is 25.0 Å². The second-order valence-corrected chi connectivity index (χ2v) is 7.52. The van der Waals surface area contributed by atoms with Gasteiger partial charge in [-0.2, -0.15) is 5.10 Å². The van der Waals surface area contributed by atoms with E-state index in [2.05, 4.69) is 29.4 Å². The Hall–Kier alpha value is -2.34. The van der Waals surface area contributed by atoms with Crippen LogP contribution in [0.3, 0.4) is 0 Å². The number of nitrogens with zero attached hydrogens (tertiary/aromatic N) is 1. The van der Waals surface area contributed by atoms with E-state index in [0.29, 0.717) is 18.7 Å².